The van der Waals surface area contributed by atoms with E-state index in [-0.39, 0.29) is 15.7 Å². The average Bonchev–Trinajstić information content (AvgIpc) is 2.63. The number of hydrogen-bond acceptors (Lipinski definition) is 6. The van der Waals surface area contributed by atoms with Gasteiger partial charge in [0.15, 0.2) is 23.9 Å². The summed E-state index contributed by atoms with van der Waals surface area (Å²) in [6.07, 6.45) is 0. The van der Waals surface area contributed by atoms with Gasteiger partial charge in [-0.25, -0.2) is 16.8 Å². The quantitative estimate of drug-likeness (QED) is 0.574. The van der Waals surface area contributed by atoms with Gasteiger partial charge in [-0.1, -0.05) is 73.8 Å². The topological polar surface area (TPSA) is 68.3 Å². The molecule has 0 spiro atoms. The van der Waals surface area contributed by atoms with E-state index in [0.717, 1.165) is 33.3 Å². The van der Waals surface area contributed by atoms with Crippen LogP contribution in [0.2, 0.25) is 0 Å². The average molecular weight is 429 g/mol. The maximum Gasteiger partial charge on any atom is 0.190 e. The number of thioether (sulfide) groups is 2. The molecule has 0 aromatic heterocycles. The summed E-state index contributed by atoms with van der Waals surface area (Å²) in [5, 5.41) is 0. The zero-order valence-corrected chi connectivity index (χ0v) is 17.7. The summed E-state index contributed by atoms with van der Waals surface area (Å²) in [4.78, 5) is 1.56. The van der Waals surface area contributed by atoms with E-state index in [1.165, 1.54) is 13.8 Å². The Bertz CT molecular complexity index is 885. The zero-order valence-electron chi connectivity index (χ0n) is 14.5. The lowest BCUT2D eigenvalue weighted by atomic mass is 10.4. The maximum atomic E-state index is 12.7. The van der Waals surface area contributed by atoms with Crippen LogP contribution in [0.4, 0.5) is 0 Å². The molecule has 0 aliphatic heterocycles. The summed E-state index contributed by atoms with van der Waals surface area (Å²) in [7, 11) is -7.84. The van der Waals surface area contributed by atoms with E-state index in [2.05, 4.69) is 0 Å². The second kappa shape index (κ2) is 9.12. The molecule has 0 fully saturated rings. The second-order valence-electron chi connectivity index (χ2n) is 5.21. The molecule has 0 saturated heterocycles. The number of rotatable bonds is 8. The molecule has 140 valence electrons. The lowest BCUT2D eigenvalue weighted by Crippen LogP contribution is -2.19. The molecule has 0 radical (unpaired) electrons. The van der Waals surface area contributed by atoms with E-state index in [1.54, 1.807) is 0 Å². The molecule has 2 aromatic carbocycles. The van der Waals surface area contributed by atoms with Gasteiger partial charge in [0.25, 0.3) is 0 Å². The number of sulfone groups is 2. The summed E-state index contributed by atoms with van der Waals surface area (Å²) in [5.41, 5.74) is 0. The molecule has 2 aromatic rings. The van der Waals surface area contributed by atoms with Crippen LogP contribution in [0, 0.1) is 0 Å². The van der Waals surface area contributed by atoms with Crippen molar-refractivity contribution in [1.29, 1.82) is 0 Å². The molecule has 0 unspecified atom stereocenters. The molecule has 0 atom stereocenters. The standard InChI is InChI=1S/C18H20O4S4/c1-3-25(19,20)18(26(21,22)4-2)17(23-15-11-7-5-8-12-15)24-16-13-9-6-10-14-16/h5-14H,3-4H2,1-2H3. The van der Waals surface area contributed by atoms with E-state index in [4.69, 9.17) is 0 Å². The highest BCUT2D eigenvalue weighted by atomic mass is 32.3. The van der Waals surface area contributed by atoms with Gasteiger partial charge in [-0.15, -0.1) is 0 Å². The third-order valence-electron chi connectivity index (χ3n) is 3.40. The van der Waals surface area contributed by atoms with Gasteiger partial charge in [0.05, 0.1) is 15.7 Å². The highest BCUT2D eigenvalue weighted by Crippen LogP contribution is 2.44. The SMILES string of the molecule is CCS(=O)(=O)C(=C(Sc1ccccc1)Sc1ccccc1)S(=O)(=O)CC. The van der Waals surface area contributed by atoms with Gasteiger partial charge in [0.1, 0.15) is 0 Å². The van der Waals surface area contributed by atoms with Crippen molar-refractivity contribution in [2.75, 3.05) is 11.5 Å². The van der Waals surface area contributed by atoms with Crippen molar-refractivity contribution >= 4 is 43.2 Å². The fraction of sp³-hybridized carbons (Fsp3) is 0.222. The van der Waals surface area contributed by atoms with Crippen molar-refractivity contribution in [3.8, 4) is 0 Å². The molecule has 0 heterocycles. The van der Waals surface area contributed by atoms with Crippen LogP contribution in [0.3, 0.4) is 0 Å². The van der Waals surface area contributed by atoms with Crippen LogP contribution in [0.15, 0.2) is 78.9 Å². The molecule has 8 heteroatoms. The van der Waals surface area contributed by atoms with Crippen molar-refractivity contribution < 1.29 is 16.8 Å². The summed E-state index contributed by atoms with van der Waals surface area (Å²) in [5.74, 6) is -0.536. The molecule has 0 aliphatic carbocycles. The van der Waals surface area contributed by atoms with Crippen LogP contribution < -0.4 is 0 Å². The van der Waals surface area contributed by atoms with Crippen LogP contribution in [0.25, 0.3) is 0 Å². The van der Waals surface area contributed by atoms with E-state index in [0.29, 0.717) is 0 Å². The summed E-state index contributed by atoms with van der Waals surface area (Å²) in [6.45, 7) is 2.91. The highest BCUT2D eigenvalue weighted by Gasteiger charge is 2.32. The first-order chi connectivity index (χ1) is 12.3. The maximum absolute atomic E-state index is 12.7. The monoisotopic (exact) mass is 428 g/mol. The zero-order chi connectivity index (χ0) is 19.2. The molecule has 0 N–H and O–H groups in total. The van der Waals surface area contributed by atoms with Crippen LogP contribution in [-0.4, -0.2) is 28.3 Å². The minimum absolute atomic E-state index is 0.256. The van der Waals surface area contributed by atoms with E-state index >= 15 is 0 Å². The Hall–Kier alpha value is -1.22. The third kappa shape index (κ3) is 5.39. The van der Waals surface area contributed by atoms with Gasteiger partial charge in [0.2, 0.25) is 0 Å². The van der Waals surface area contributed by atoms with E-state index in [1.807, 2.05) is 60.7 Å². The van der Waals surface area contributed by atoms with Crippen molar-refractivity contribution in [1.82, 2.24) is 0 Å². The fourth-order valence-corrected chi connectivity index (χ4v) is 9.24. The summed E-state index contributed by atoms with van der Waals surface area (Å²) < 4.78 is 50.4. The van der Waals surface area contributed by atoms with E-state index in [9.17, 15) is 16.8 Å². The van der Waals surface area contributed by atoms with Crippen molar-refractivity contribution in [3.63, 3.8) is 0 Å². The van der Waals surface area contributed by atoms with Crippen LogP contribution >= 0.6 is 23.5 Å². The molecule has 0 saturated carbocycles. The van der Waals surface area contributed by atoms with Gasteiger partial charge in [-0.05, 0) is 24.3 Å². The Morgan fingerprint density at radius 2 is 1.04 bits per heavy atom. The Balaban J connectivity index is 2.69. The van der Waals surface area contributed by atoms with Crippen molar-refractivity contribution in [2.45, 2.75) is 23.6 Å². The van der Waals surface area contributed by atoms with E-state index < -0.39 is 23.9 Å². The molecule has 2 rings (SSSR count). The minimum atomic E-state index is -3.92. The molecular weight excluding hydrogens is 408 g/mol. The first-order valence-electron chi connectivity index (χ1n) is 7.95. The lowest BCUT2D eigenvalue weighted by molar-refractivity contribution is 0.596. The first-order valence-corrected chi connectivity index (χ1v) is 12.9. The van der Waals surface area contributed by atoms with Crippen LogP contribution in [-0.2, 0) is 19.7 Å². The molecule has 0 aliphatic rings. The fourth-order valence-electron chi connectivity index (χ4n) is 2.00. The lowest BCUT2D eigenvalue weighted by Gasteiger charge is -2.14. The Morgan fingerprint density at radius 1 is 0.692 bits per heavy atom. The normalized spacial score (nSPS) is 11.9. The molecule has 0 amide bonds. The number of benzene rings is 2. The third-order valence-corrected chi connectivity index (χ3v) is 10.8. The smallest absolute Gasteiger partial charge is 0.190 e. The number of hydrogen-bond donors (Lipinski definition) is 0. The Morgan fingerprint density at radius 3 is 1.35 bits per heavy atom. The second-order valence-corrected chi connectivity index (χ2v) is 12.3. The molecule has 0 bridgehead atoms. The summed E-state index contributed by atoms with van der Waals surface area (Å²) in [6, 6.07) is 18.3. The predicted octanol–water partition coefficient (Wildman–Crippen LogP) is 4.57. The predicted molar refractivity (Wildman–Crippen MR) is 111 cm³/mol. The highest BCUT2D eigenvalue weighted by molar-refractivity contribution is 8.25. The van der Waals surface area contributed by atoms with Gasteiger partial charge in [-0.3, -0.25) is 0 Å². The van der Waals surface area contributed by atoms with Crippen LogP contribution in [0.5, 0.6) is 0 Å². The molecular formula is C18H20O4S4. The first kappa shape index (κ1) is 21.1. The van der Waals surface area contributed by atoms with Crippen molar-refractivity contribution in [2.24, 2.45) is 0 Å². The molecule has 26 heavy (non-hydrogen) atoms. The Kier molecular flexibility index (Phi) is 7.40. The van der Waals surface area contributed by atoms with Gasteiger partial charge in [-0.2, -0.15) is 0 Å². The van der Waals surface area contributed by atoms with Crippen LogP contribution in [0.1, 0.15) is 13.8 Å². The largest absolute Gasteiger partial charge is 0.223 e. The molecule has 4 nitrogen and oxygen atoms in total. The minimum Gasteiger partial charge on any atom is -0.223 e. The van der Waals surface area contributed by atoms with Crippen molar-refractivity contribution in [3.05, 3.63) is 69.1 Å². The van der Waals surface area contributed by atoms with Gasteiger partial charge >= 0.3 is 0 Å². The Labute approximate surface area is 163 Å². The van der Waals surface area contributed by atoms with Gasteiger partial charge in [0, 0.05) is 9.79 Å². The summed E-state index contributed by atoms with van der Waals surface area (Å²) >= 11 is 2.32. The van der Waals surface area contributed by atoms with Gasteiger partial charge < -0.3 is 0 Å².